The van der Waals surface area contributed by atoms with Crippen LogP contribution in [0, 0.1) is 6.92 Å². The molecule has 19 heavy (non-hydrogen) atoms. The molecule has 0 saturated heterocycles. The number of nitrogens with two attached hydrogens (primary N) is 1. The van der Waals surface area contributed by atoms with Crippen molar-refractivity contribution >= 4 is 0 Å². The third kappa shape index (κ3) is 2.93. The van der Waals surface area contributed by atoms with E-state index in [1.165, 1.54) is 0 Å². The number of rotatable bonds is 5. The summed E-state index contributed by atoms with van der Waals surface area (Å²) in [5.41, 5.74) is 7.67. The Morgan fingerprint density at radius 2 is 2.16 bits per heavy atom. The molecule has 0 spiro atoms. The maximum absolute atomic E-state index is 5.54. The molecule has 0 aliphatic carbocycles. The second-order valence-electron chi connectivity index (χ2n) is 4.43. The summed E-state index contributed by atoms with van der Waals surface area (Å²) in [5.74, 6) is 2.55. The first-order valence-corrected chi connectivity index (χ1v) is 6.49. The molecular formula is C14H20N4O. The minimum Gasteiger partial charge on any atom is -0.494 e. The predicted molar refractivity (Wildman–Crippen MR) is 75.1 cm³/mol. The monoisotopic (exact) mass is 260 g/mol. The van der Waals surface area contributed by atoms with Gasteiger partial charge < -0.3 is 10.5 Å². The predicted octanol–water partition coefficient (Wildman–Crippen LogP) is 1.69. The number of hydrogen-bond donors (Lipinski definition) is 1. The molecule has 0 radical (unpaired) electrons. The van der Waals surface area contributed by atoms with Gasteiger partial charge in [0.25, 0.3) is 0 Å². The third-order valence-corrected chi connectivity index (χ3v) is 2.91. The molecule has 1 aromatic carbocycles. The van der Waals surface area contributed by atoms with E-state index < -0.39 is 0 Å². The molecule has 1 heterocycles. The standard InChI is InChI=1S/C14H20N4O/c1-4-19-12-6-5-11(9-10(12)2)14-16-13(7-8-15)17-18(14)3/h5-6,9H,4,7-8,15H2,1-3H3. The van der Waals surface area contributed by atoms with Crippen molar-refractivity contribution < 1.29 is 4.74 Å². The van der Waals surface area contributed by atoms with Crippen molar-refractivity contribution in [3.05, 3.63) is 29.6 Å². The van der Waals surface area contributed by atoms with Gasteiger partial charge in [0.1, 0.15) is 5.75 Å². The van der Waals surface area contributed by atoms with Crippen LogP contribution >= 0.6 is 0 Å². The largest absolute Gasteiger partial charge is 0.494 e. The molecule has 5 nitrogen and oxygen atoms in total. The molecule has 102 valence electrons. The average molecular weight is 260 g/mol. The topological polar surface area (TPSA) is 66.0 Å². The highest BCUT2D eigenvalue weighted by molar-refractivity contribution is 5.58. The van der Waals surface area contributed by atoms with Crippen molar-refractivity contribution in [1.29, 1.82) is 0 Å². The van der Waals surface area contributed by atoms with Crippen molar-refractivity contribution in [2.24, 2.45) is 12.8 Å². The van der Waals surface area contributed by atoms with Crippen LogP contribution in [0.25, 0.3) is 11.4 Å². The normalized spacial score (nSPS) is 10.7. The van der Waals surface area contributed by atoms with Gasteiger partial charge in [-0.05, 0) is 44.2 Å². The second kappa shape index (κ2) is 5.84. The minimum absolute atomic E-state index is 0.561. The number of ether oxygens (including phenoxy) is 1. The zero-order valence-corrected chi connectivity index (χ0v) is 11.7. The molecule has 0 fully saturated rings. The first-order chi connectivity index (χ1) is 9.15. The molecular weight excluding hydrogens is 240 g/mol. The highest BCUT2D eigenvalue weighted by Gasteiger charge is 2.10. The Labute approximate surface area is 113 Å². The van der Waals surface area contributed by atoms with Gasteiger partial charge in [0.15, 0.2) is 11.6 Å². The van der Waals surface area contributed by atoms with E-state index in [0.717, 1.165) is 28.5 Å². The van der Waals surface area contributed by atoms with Crippen LogP contribution < -0.4 is 10.5 Å². The van der Waals surface area contributed by atoms with Crippen LogP contribution in [0.1, 0.15) is 18.3 Å². The van der Waals surface area contributed by atoms with Crippen LogP contribution in [0.5, 0.6) is 5.75 Å². The molecule has 2 N–H and O–H groups in total. The Bertz CT molecular complexity index is 563. The molecule has 0 unspecified atom stereocenters. The summed E-state index contributed by atoms with van der Waals surface area (Å²) >= 11 is 0. The number of benzene rings is 1. The molecule has 5 heteroatoms. The van der Waals surface area contributed by atoms with Crippen LogP contribution in [-0.4, -0.2) is 27.9 Å². The molecule has 2 aromatic rings. The fraction of sp³-hybridized carbons (Fsp3) is 0.429. The molecule has 0 amide bonds. The van der Waals surface area contributed by atoms with Crippen LogP contribution in [-0.2, 0) is 13.5 Å². The van der Waals surface area contributed by atoms with Gasteiger partial charge in [0.05, 0.1) is 6.61 Å². The van der Waals surface area contributed by atoms with Gasteiger partial charge in [-0.3, -0.25) is 0 Å². The van der Waals surface area contributed by atoms with Gasteiger partial charge in [0, 0.05) is 19.0 Å². The van der Waals surface area contributed by atoms with E-state index in [-0.39, 0.29) is 0 Å². The lowest BCUT2D eigenvalue weighted by Crippen LogP contribution is -2.04. The first kappa shape index (κ1) is 13.5. The third-order valence-electron chi connectivity index (χ3n) is 2.91. The molecule has 0 saturated carbocycles. The minimum atomic E-state index is 0.561. The van der Waals surface area contributed by atoms with Gasteiger partial charge in [-0.15, -0.1) is 0 Å². The lowest BCUT2D eigenvalue weighted by Gasteiger charge is -2.08. The fourth-order valence-electron chi connectivity index (χ4n) is 2.03. The Morgan fingerprint density at radius 3 is 2.79 bits per heavy atom. The maximum Gasteiger partial charge on any atom is 0.158 e. The SMILES string of the molecule is CCOc1ccc(-c2nc(CCN)nn2C)cc1C. The van der Waals surface area contributed by atoms with E-state index in [4.69, 9.17) is 10.5 Å². The summed E-state index contributed by atoms with van der Waals surface area (Å²) in [6, 6.07) is 6.06. The van der Waals surface area contributed by atoms with Gasteiger partial charge in [0.2, 0.25) is 0 Å². The van der Waals surface area contributed by atoms with Crippen molar-refractivity contribution in [1.82, 2.24) is 14.8 Å². The summed E-state index contributed by atoms with van der Waals surface area (Å²) < 4.78 is 7.33. The molecule has 0 atom stereocenters. The highest BCUT2D eigenvalue weighted by Crippen LogP contribution is 2.25. The summed E-state index contributed by atoms with van der Waals surface area (Å²) in [7, 11) is 1.90. The summed E-state index contributed by atoms with van der Waals surface area (Å²) in [6.07, 6.45) is 0.698. The summed E-state index contributed by atoms with van der Waals surface area (Å²) in [6.45, 7) is 5.25. The Kier molecular flexibility index (Phi) is 4.16. The lowest BCUT2D eigenvalue weighted by molar-refractivity contribution is 0.338. The van der Waals surface area contributed by atoms with E-state index in [1.54, 1.807) is 4.68 Å². The zero-order valence-electron chi connectivity index (χ0n) is 11.7. The van der Waals surface area contributed by atoms with Crippen LogP contribution in [0.3, 0.4) is 0 Å². The van der Waals surface area contributed by atoms with E-state index in [1.807, 2.05) is 33.0 Å². The lowest BCUT2D eigenvalue weighted by atomic mass is 10.1. The average Bonchev–Trinajstić information content (AvgIpc) is 2.74. The number of aromatic nitrogens is 3. The molecule has 2 rings (SSSR count). The Morgan fingerprint density at radius 1 is 1.37 bits per heavy atom. The quantitative estimate of drug-likeness (QED) is 0.888. The summed E-state index contributed by atoms with van der Waals surface area (Å²) in [5, 5.41) is 4.36. The first-order valence-electron chi connectivity index (χ1n) is 6.49. The second-order valence-corrected chi connectivity index (χ2v) is 4.43. The van der Waals surface area contributed by atoms with Crippen LogP contribution in [0.15, 0.2) is 18.2 Å². The number of nitrogens with zero attached hydrogens (tertiary/aromatic N) is 3. The Hall–Kier alpha value is -1.88. The molecule has 0 bridgehead atoms. The number of aryl methyl sites for hydroxylation is 2. The fourth-order valence-corrected chi connectivity index (χ4v) is 2.03. The van der Waals surface area contributed by atoms with Crippen molar-refractivity contribution in [2.45, 2.75) is 20.3 Å². The van der Waals surface area contributed by atoms with Crippen molar-refractivity contribution in [3.63, 3.8) is 0 Å². The highest BCUT2D eigenvalue weighted by atomic mass is 16.5. The van der Waals surface area contributed by atoms with Gasteiger partial charge >= 0.3 is 0 Å². The molecule has 0 aliphatic heterocycles. The van der Waals surface area contributed by atoms with Crippen molar-refractivity contribution in [2.75, 3.05) is 13.2 Å². The van der Waals surface area contributed by atoms with E-state index in [0.29, 0.717) is 19.6 Å². The van der Waals surface area contributed by atoms with Crippen molar-refractivity contribution in [3.8, 4) is 17.1 Å². The van der Waals surface area contributed by atoms with Crippen LogP contribution in [0.2, 0.25) is 0 Å². The van der Waals surface area contributed by atoms with E-state index in [2.05, 4.69) is 16.1 Å². The molecule has 1 aromatic heterocycles. The van der Waals surface area contributed by atoms with Gasteiger partial charge in [-0.1, -0.05) is 0 Å². The van der Waals surface area contributed by atoms with Gasteiger partial charge in [-0.25, -0.2) is 9.67 Å². The maximum atomic E-state index is 5.54. The van der Waals surface area contributed by atoms with E-state index in [9.17, 15) is 0 Å². The smallest absolute Gasteiger partial charge is 0.158 e. The number of hydrogen-bond acceptors (Lipinski definition) is 4. The molecule has 0 aliphatic rings. The Balaban J connectivity index is 2.33. The van der Waals surface area contributed by atoms with Crippen LogP contribution in [0.4, 0.5) is 0 Å². The summed E-state index contributed by atoms with van der Waals surface area (Å²) in [4.78, 5) is 4.52. The zero-order chi connectivity index (χ0) is 13.8. The van der Waals surface area contributed by atoms with Gasteiger partial charge in [-0.2, -0.15) is 5.10 Å². The van der Waals surface area contributed by atoms with E-state index >= 15 is 0 Å².